The van der Waals surface area contributed by atoms with E-state index in [1.807, 2.05) is 74.0 Å². The summed E-state index contributed by atoms with van der Waals surface area (Å²) in [6, 6.07) is 20.2. The molecule has 4 aromatic rings. The largest absolute Gasteiger partial charge is 0.334 e. The van der Waals surface area contributed by atoms with Crippen LogP contribution in [0.25, 0.3) is 0 Å². The Hall–Kier alpha value is -3.82. The molecular weight excluding hydrogens is 539 g/mol. The van der Waals surface area contributed by atoms with Gasteiger partial charge in [0, 0.05) is 25.2 Å². The van der Waals surface area contributed by atoms with Gasteiger partial charge in [-0.05, 0) is 85.2 Å². The number of benzene rings is 3. The minimum Gasteiger partial charge on any atom is -0.334 e. The fourth-order valence-electron chi connectivity index (χ4n) is 5.40. The number of imidazole rings is 1. The highest BCUT2D eigenvalue weighted by molar-refractivity contribution is 7.89. The van der Waals surface area contributed by atoms with Gasteiger partial charge in [-0.3, -0.25) is 4.79 Å². The lowest BCUT2D eigenvalue weighted by atomic mass is 9.87. The molecule has 9 heteroatoms. The molecule has 0 radical (unpaired) electrons. The Kier molecular flexibility index (Phi) is 8.37. The van der Waals surface area contributed by atoms with E-state index in [1.165, 1.54) is 12.1 Å². The Morgan fingerprint density at radius 3 is 2.54 bits per heavy atom. The third-order valence-electron chi connectivity index (χ3n) is 7.96. The number of carbonyl (C=O) groups is 1. The van der Waals surface area contributed by atoms with Crippen LogP contribution in [0.3, 0.4) is 0 Å². The molecule has 5 rings (SSSR count). The number of hydrogen-bond donors (Lipinski definition) is 1. The number of rotatable bonds is 9. The Bertz CT molecular complexity index is 1640. The Morgan fingerprint density at radius 1 is 1.12 bits per heavy atom. The minimum atomic E-state index is -3.88. The van der Waals surface area contributed by atoms with Gasteiger partial charge >= 0.3 is 0 Å². The third kappa shape index (κ3) is 6.41. The number of aromatic nitrogens is 2. The maximum Gasteiger partial charge on any atom is 0.241 e. The van der Waals surface area contributed by atoms with E-state index >= 15 is 0 Å². The lowest BCUT2D eigenvalue weighted by molar-refractivity contribution is -0.119. The molecule has 1 amide bonds. The topological polar surface area (TPSA) is 84.3 Å². The summed E-state index contributed by atoms with van der Waals surface area (Å²) in [6.45, 7) is 4.30. The van der Waals surface area contributed by atoms with Crippen molar-refractivity contribution in [3.63, 3.8) is 0 Å². The van der Waals surface area contributed by atoms with Crippen molar-refractivity contribution in [1.29, 1.82) is 0 Å². The first-order valence-corrected chi connectivity index (χ1v) is 15.3. The number of anilines is 1. The molecule has 0 saturated carbocycles. The molecule has 3 aromatic carbocycles. The van der Waals surface area contributed by atoms with Crippen molar-refractivity contribution in [3.05, 3.63) is 113 Å². The maximum atomic E-state index is 13.9. The summed E-state index contributed by atoms with van der Waals surface area (Å²) in [7, 11) is -1.94. The number of sulfonamides is 1. The number of halogens is 1. The van der Waals surface area contributed by atoms with Crippen molar-refractivity contribution in [2.45, 2.75) is 62.9 Å². The predicted octanol–water partition coefficient (Wildman–Crippen LogP) is 5.95. The Morgan fingerprint density at radius 2 is 1.85 bits per heavy atom. The second-order valence-corrected chi connectivity index (χ2v) is 12.5. The van der Waals surface area contributed by atoms with Gasteiger partial charge < -0.3 is 9.47 Å². The fraction of sp³-hybridized carbons (Fsp3) is 0.312. The van der Waals surface area contributed by atoms with E-state index in [0.717, 1.165) is 53.2 Å². The third-order valence-corrected chi connectivity index (χ3v) is 9.45. The van der Waals surface area contributed by atoms with Crippen LogP contribution in [0.2, 0.25) is 0 Å². The molecule has 2 atom stereocenters. The van der Waals surface area contributed by atoms with Gasteiger partial charge in [-0.25, -0.2) is 22.5 Å². The quantitative estimate of drug-likeness (QED) is 0.268. The molecule has 1 N–H and O–H groups in total. The number of hydrogen-bond acceptors (Lipinski definition) is 4. The first-order valence-electron chi connectivity index (χ1n) is 13.9. The summed E-state index contributed by atoms with van der Waals surface area (Å²) in [5.41, 5.74) is 4.61. The number of aryl methyl sites for hydroxylation is 2. The normalized spacial score (nSPS) is 15.8. The number of nitrogens with one attached hydrogen (secondary N) is 1. The average Bonchev–Trinajstić information content (AvgIpc) is 3.28. The van der Waals surface area contributed by atoms with Crippen molar-refractivity contribution >= 4 is 21.6 Å². The lowest BCUT2D eigenvalue weighted by Crippen LogP contribution is -2.33. The van der Waals surface area contributed by atoms with Gasteiger partial charge in [0.05, 0.1) is 23.3 Å². The highest BCUT2D eigenvalue weighted by Crippen LogP contribution is 2.35. The number of carbonyl (C=O) groups excluding carboxylic acids is 1. The van der Waals surface area contributed by atoms with Gasteiger partial charge in [-0.15, -0.1) is 0 Å². The van der Waals surface area contributed by atoms with Crippen molar-refractivity contribution < 1.29 is 17.6 Å². The van der Waals surface area contributed by atoms with Gasteiger partial charge in [-0.2, -0.15) is 0 Å². The summed E-state index contributed by atoms with van der Waals surface area (Å²) in [6.07, 6.45) is 4.38. The van der Waals surface area contributed by atoms with Crippen LogP contribution in [-0.2, 0) is 34.8 Å². The fourth-order valence-corrected chi connectivity index (χ4v) is 6.65. The SMILES string of the molecule is Cc1ncc(CN(C(=O)C[C@@H](C)c2ccccc2)c2ccc3c(c2)[C@@H](NS(=O)(=O)c2ccc(F)cc2)CCC3)n1C. The monoisotopic (exact) mass is 574 g/mol. The predicted molar refractivity (Wildman–Crippen MR) is 157 cm³/mol. The molecule has 1 aromatic heterocycles. The van der Waals surface area contributed by atoms with Crippen LogP contribution in [0.15, 0.2) is 83.9 Å². The molecule has 0 unspecified atom stereocenters. The van der Waals surface area contributed by atoms with Crippen molar-refractivity contribution in [1.82, 2.24) is 14.3 Å². The molecule has 1 heterocycles. The summed E-state index contributed by atoms with van der Waals surface area (Å²) < 4.78 is 44.6. The van der Waals surface area contributed by atoms with Crippen molar-refractivity contribution in [3.8, 4) is 0 Å². The highest BCUT2D eigenvalue weighted by Gasteiger charge is 2.28. The zero-order valence-electron chi connectivity index (χ0n) is 23.5. The van der Waals surface area contributed by atoms with Crippen LogP contribution in [0.5, 0.6) is 0 Å². The second-order valence-electron chi connectivity index (χ2n) is 10.8. The molecule has 0 aliphatic heterocycles. The number of nitrogens with zero attached hydrogens (tertiary/aromatic N) is 3. The van der Waals surface area contributed by atoms with E-state index in [1.54, 1.807) is 11.1 Å². The molecule has 0 saturated heterocycles. The summed E-state index contributed by atoms with van der Waals surface area (Å²) in [4.78, 5) is 20.1. The molecule has 214 valence electrons. The zero-order valence-corrected chi connectivity index (χ0v) is 24.4. The molecular formula is C32H35FN4O3S. The minimum absolute atomic E-state index is 0.0143. The van der Waals surface area contributed by atoms with Gasteiger partial charge in [0.1, 0.15) is 11.6 Å². The Balaban J connectivity index is 1.47. The Labute approximate surface area is 241 Å². The average molecular weight is 575 g/mol. The van der Waals surface area contributed by atoms with Crippen LogP contribution in [-0.4, -0.2) is 23.9 Å². The first-order chi connectivity index (χ1) is 19.6. The molecule has 41 heavy (non-hydrogen) atoms. The molecule has 0 fully saturated rings. The van der Waals surface area contributed by atoms with Crippen LogP contribution in [0.4, 0.5) is 10.1 Å². The van der Waals surface area contributed by atoms with Gasteiger partial charge in [-0.1, -0.05) is 43.3 Å². The molecule has 0 bridgehead atoms. The van der Waals surface area contributed by atoms with E-state index < -0.39 is 21.9 Å². The summed E-state index contributed by atoms with van der Waals surface area (Å²) in [5, 5.41) is 0. The standard InChI is InChI=1S/C32H35FN4O3S/c1-22(24-8-5-4-6-9-24)18-32(38)37(21-28-20-34-23(2)36(28)3)27-15-12-25-10-7-11-31(30(25)19-27)35-41(39,40)29-16-13-26(33)14-17-29/h4-6,8-9,12-17,19-20,22,31,35H,7,10-11,18,21H2,1-3H3/t22-,31+/m1/s1. The van der Waals surface area contributed by atoms with E-state index in [2.05, 4.69) is 9.71 Å². The maximum absolute atomic E-state index is 13.9. The molecule has 0 spiro atoms. The lowest BCUT2D eigenvalue weighted by Gasteiger charge is -2.30. The van der Waals surface area contributed by atoms with Crippen LogP contribution < -0.4 is 9.62 Å². The number of fused-ring (bicyclic) bond motifs is 1. The zero-order chi connectivity index (χ0) is 29.1. The molecule has 1 aliphatic carbocycles. The summed E-state index contributed by atoms with van der Waals surface area (Å²) >= 11 is 0. The van der Waals surface area contributed by atoms with Crippen molar-refractivity contribution in [2.24, 2.45) is 7.05 Å². The smallest absolute Gasteiger partial charge is 0.241 e. The van der Waals surface area contributed by atoms with E-state index in [4.69, 9.17) is 0 Å². The number of amides is 1. The van der Waals surface area contributed by atoms with Crippen molar-refractivity contribution in [2.75, 3.05) is 4.90 Å². The molecule has 7 nitrogen and oxygen atoms in total. The van der Waals surface area contributed by atoms with Crippen LogP contribution >= 0.6 is 0 Å². The van der Waals surface area contributed by atoms with E-state index in [0.29, 0.717) is 25.1 Å². The van der Waals surface area contributed by atoms with E-state index in [9.17, 15) is 17.6 Å². The second kappa shape index (κ2) is 12.0. The van der Waals surface area contributed by atoms with Gasteiger partial charge in [0.2, 0.25) is 15.9 Å². The van der Waals surface area contributed by atoms with Crippen LogP contribution in [0.1, 0.15) is 66.4 Å². The van der Waals surface area contributed by atoms with E-state index in [-0.39, 0.29) is 16.7 Å². The van der Waals surface area contributed by atoms with Gasteiger partial charge in [0.25, 0.3) is 0 Å². The molecule has 1 aliphatic rings. The van der Waals surface area contributed by atoms with Crippen LogP contribution in [0, 0.1) is 12.7 Å². The first kappa shape index (κ1) is 28.7. The van der Waals surface area contributed by atoms with Gasteiger partial charge in [0.15, 0.2) is 0 Å². The summed E-state index contributed by atoms with van der Waals surface area (Å²) in [5.74, 6) is 0.351. The highest BCUT2D eigenvalue weighted by atomic mass is 32.2.